The van der Waals surface area contributed by atoms with Gasteiger partial charge >= 0.3 is 12.0 Å². The molecule has 2 amide bonds. The summed E-state index contributed by atoms with van der Waals surface area (Å²) in [5.74, 6) is -1.04. The number of aliphatic carboxylic acids is 1. The van der Waals surface area contributed by atoms with E-state index in [2.05, 4.69) is 10.6 Å². The molecule has 0 rings (SSSR count). The highest BCUT2D eigenvalue weighted by Crippen LogP contribution is 2.10. The molecule has 0 saturated carbocycles. The summed E-state index contributed by atoms with van der Waals surface area (Å²) in [4.78, 5) is 24.7. The fourth-order valence-electron chi connectivity index (χ4n) is 1.04. The van der Waals surface area contributed by atoms with Crippen LogP contribution in [0.4, 0.5) is 4.79 Å². The first-order chi connectivity index (χ1) is 8.05. The largest absolute Gasteiger partial charge is 0.480 e. The molecule has 0 aromatic rings. The number of amides is 2. The first kappa shape index (κ1) is 16.7. The maximum Gasteiger partial charge on any atom is 0.329 e. The number of carbonyl (C=O) groups is 2. The Hall–Kier alpha value is -1.30. The molecule has 0 fully saturated rings. The van der Waals surface area contributed by atoms with E-state index in [-0.39, 0.29) is 5.54 Å². The molecular formula is C12H25N3O3. The molecule has 0 spiro atoms. The third-order valence-corrected chi connectivity index (χ3v) is 3.46. The topological polar surface area (TPSA) is 81.7 Å². The molecular weight excluding hydrogens is 234 g/mol. The summed E-state index contributed by atoms with van der Waals surface area (Å²) in [5.41, 5.74) is -1.42. The average Bonchev–Trinajstić information content (AvgIpc) is 2.25. The zero-order valence-electron chi connectivity index (χ0n) is 12.1. The zero-order chi connectivity index (χ0) is 14.6. The normalized spacial score (nSPS) is 15.1. The number of carbonyl (C=O) groups excluding carboxylic acids is 1. The molecule has 0 heterocycles. The van der Waals surface area contributed by atoms with E-state index < -0.39 is 17.5 Å². The minimum Gasteiger partial charge on any atom is -0.480 e. The van der Waals surface area contributed by atoms with Gasteiger partial charge in [0.15, 0.2) is 0 Å². The summed E-state index contributed by atoms with van der Waals surface area (Å²) in [6.07, 6.45) is 0.326. The lowest BCUT2D eigenvalue weighted by atomic mass is 9.99. The second-order valence-corrected chi connectivity index (χ2v) is 5.51. The van der Waals surface area contributed by atoms with Crippen molar-refractivity contribution in [3.05, 3.63) is 0 Å². The van der Waals surface area contributed by atoms with Gasteiger partial charge in [0.2, 0.25) is 0 Å². The molecule has 0 saturated heterocycles. The van der Waals surface area contributed by atoms with Crippen molar-refractivity contribution < 1.29 is 14.7 Å². The minimum absolute atomic E-state index is 0.191. The Morgan fingerprint density at radius 1 is 1.22 bits per heavy atom. The number of likely N-dealkylation sites (N-methyl/N-ethyl adjacent to an activating group) is 1. The second-order valence-electron chi connectivity index (χ2n) is 5.51. The van der Waals surface area contributed by atoms with E-state index in [1.54, 1.807) is 6.92 Å². The van der Waals surface area contributed by atoms with Crippen LogP contribution in [0.2, 0.25) is 0 Å². The highest BCUT2D eigenvalue weighted by molar-refractivity contribution is 5.85. The predicted octanol–water partition coefficient (Wildman–Crippen LogP) is 0.879. The SMILES string of the molecule is CCC(C)(NC(=O)NCC(C)(C)N(C)C)C(=O)O. The molecule has 0 aliphatic heterocycles. The third kappa shape index (κ3) is 4.52. The van der Waals surface area contributed by atoms with Gasteiger partial charge in [-0.3, -0.25) is 0 Å². The second kappa shape index (κ2) is 6.04. The summed E-state index contributed by atoms with van der Waals surface area (Å²) < 4.78 is 0. The summed E-state index contributed by atoms with van der Waals surface area (Å²) >= 11 is 0. The van der Waals surface area contributed by atoms with Gasteiger partial charge < -0.3 is 20.6 Å². The average molecular weight is 259 g/mol. The van der Waals surface area contributed by atoms with Gasteiger partial charge in [-0.15, -0.1) is 0 Å². The summed E-state index contributed by atoms with van der Waals surface area (Å²) in [6.45, 7) is 7.63. The van der Waals surface area contributed by atoms with Gasteiger partial charge in [0, 0.05) is 12.1 Å². The smallest absolute Gasteiger partial charge is 0.329 e. The van der Waals surface area contributed by atoms with Gasteiger partial charge in [0.05, 0.1) is 0 Å². The van der Waals surface area contributed by atoms with Crippen LogP contribution in [0.5, 0.6) is 0 Å². The van der Waals surface area contributed by atoms with Gasteiger partial charge in [0.1, 0.15) is 5.54 Å². The summed E-state index contributed by atoms with van der Waals surface area (Å²) in [5, 5.41) is 14.2. The first-order valence-electron chi connectivity index (χ1n) is 6.02. The van der Waals surface area contributed by atoms with Crippen LogP contribution in [0.3, 0.4) is 0 Å². The molecule has 0 aromatic heterocycles. The van der Waals surface area contributed by atoms with Crippen molar-refractivity contribution in [2.75, 3.05) is 20.6 Å². The third-order valence-electron chi connectivity index (χ3n) is 3.46. The van der Waals surface area contributed by atoms with Crippen LogP contribution in [-0.4, -0.2) is 53.7 Å². The van der Waals surface area contributed by atoms with Crippen LogP contribution in [0.15, 0.2) is 0 Å². The minimum atomic E-state index is -1.23. The van der Waals surface area contributed by atoms with Crippen molar-refractivity contribution in [1.29, 1.82) is 0 Å². The van der Waals surface area contributed by atoms with E-state index in [9.17, 15) is 9.59 Å². The molecule has 0 aromatic carbocycles. The van der Waals surface area contributed by atoms with Gasteiger partial charge in [-0.2, -0.15) is 0 Å². The number of urea groups is 1. The fraction of sp³-hybridized carbons (Fsp3) is 0.833. The number of hydrogen-bond donors (Lipinski definition) is 3. The maximum absolute atomic E-state index is 11.7. The van der Waals surface area contributed by atoms with E-state index in [0.29, 0.717) is 13.0 Å². The van der Waals surface area contributed by atoms with Crippen LogP contribution in [0, 0.1) is 0 Å². The number of carboxylic acid groups (broad SMARTS) is 1. The number of hydrogen-bond acceptors (Lipinski definition) is 3. The molecule has 1 atom stereocenters. The summed E-state index contributed by atoms with van der Waals surface area (Å²) in [6, 6.07) is -0.461. The maximum atomic E-state index is 11.7. The highest BCUT2D eigenvalue weighted by atomic mass is 16.4. The Kier molecular flexibility index (Phi) is 5.60. The van der Waals surface area contributed by atoms with E-state index in [0.717, 1.165) is 0 Å². The lowest BCUT2D eigenvalue weighted by Crippen LogP contribution is -2.57. The van der Waals surface area contributed by atoms with E-state index in [4.69, 9.17) is 5.11 Å². The van der Waals surface area contributed by atoms with Crippen molar-refractivity contribution in [3.63, 3.8) is 0 Å². The van der Waals surface area contributed by atoms with Crippen LogP contribution < -0.4 is 10.6 Å². The Morgan fingerprint density at radius 2 is 1.72 bits per heavy atom. The van der Waals surface area contributed by atoms with Crippen molar-refractivity contribution in [3.8, 4) is 0 Å². The highest BCUT2D eigenvalue weighted by Gasteiger charge is 2.33. The quantitative estimate of drug-likeness (QED) is 0.661. The monoisotopic (exact) mass is 259 g/mol. The zero-order valence-corrected chi connectivity index (χ0v) is 12.1. The Labute approximate surface area is 109 Å². The predicted molar refractivity (Wildman–Crippen MR) is 70.6 cm³/mol. The number of nitrogens with one attached hydrogen (secondary N) is 2. The Morgan fingerprint density at radius 3 is 2.06 bits per heavy atom. The number of rotatable bonds is 6. The van der Waals surface area contributed by atoms with Gasteiger partial charge in [0.25, 0.3) is 0 Å². The molecule has 0 radical (unpaired) electrons. The molecule has 6 nitrogen and oxygen atoms in total. The molecule has 3 N–H and O–H groups in total. The van der Waals surface area contributed by atoms with Crippen LogP contribution in [0.25, 0.3) is 0 Å². The molecule has 18 heavy (non-hydrogen) atoms. The van der Waals surface area contributed by atoms with Crippen LogP contribution in [-0.2, 0) is 4.79 Å². The van der Waals surface area contributed by atoms with Crippen molar-refractivity contribution >= 4 is 12.0 Å². The molecule has 0 aliphatic rings. The Bertz CT molecular complexity index is 316. The van der Waals surface area contributed by atoms with Crippen molar-refractivity contribution in [2.45, 2.75) is 45.2 Å². The first-order valence-corrected chi connectivity index (χ1v) is 6.02. The lowest BCUT2D eigenvalue weighted by Gasteiger charge is -2.33. The standard InChI is InChI=1S/C12H25N3O3/c1-7-12(4,9(16)17)14-10(18)13-8-11(2,3)15(5)6/h7-8H2,1-6H3,(H,16,17)(H2,13,14,18). The van der Waals surface area contributed by atoms with E-state index in [1.165, 1.54) is 6.92 Å². The van der Waals surface area contributed by atoms with Crippen molar-refractivity contribution in [1.82, 2.24) is 15.5 Å². The van der Waals surface area contributed by atoms with Gasteiger partial charge in [-0.25, -0.2) is 9.59 Å². The Balaban J connectivity index is 4.41. The lowest BCUT2D eigenvalue weighted by molar-refractivity contribution is -0.143. The van der Waals surface area contributed by atoms with Gasteiger partial charge in [-0.05, 0) is 41.3 Å². The van der Waals surface area contributed by atoms with Crippen LogP contribution >= 0.6 is 0 Å². The van der Waals surface area contributed by atoms with Gasteiger partial charge in [-0.1, -0.05) is 6.92 Å². The van der Waals surface area contributed by atoms with Crippen molar-refractivity contribution in [2.24, 2.45) is 0 Å². The fourth-order valence-corrected chi connectivity index (χ4v) is 1.04. The molecule has 106 valence electrons. The summed E-state index contributed by atoms with van der Waals surface area (Å²) in [7, 11) is 3.85. The van der Waals surface area contributed by atoms with E-state index >= 15 is 0 Å². The molecule has 6 heteroatoms. The number of nitrogens with zero attached hydrogens (tertiary/aromatic N) is 1. The number of carboxylic acids is 1. The molecule has 0 bridgehead atoms. The molecule has 1 unspecified atom stereocenters. The van der Waals surface area contributed by atoms with E-state index in [1.807, 2.05) is 32.8 Å². The van der Waals surface area contributed by atoms with Crippen LogP contribution in [0.1, 0.15) is 34.1 Å². The molecule has 0 aliphatic carbocycles.